The molecule has 0 heterocycles. The Kier molecular flexibility index (Phi) is 3.21. The van der Waals surface area contributed by atoms with Gasteiger partial charge in [-0.15, -0.1) is 0 Å². The van der Waals surface area contributed by atoms with Crippen LogP contribution in [0.4, 0.5) is 0 Å². The van der Waals surface area contributed by atoms with Crippen LogP contribution in [0.2, 0.25) is 0 Å². The van der Waals surface area contributed by atoms with Crippen molar-refractivity contribution >= 4 is 11.6 Å². The zero-order valence-electron chi connectivity index (χ0n) is 15.5. The van der Waals surface area contributed by atoms with Crippen LogP contribution in [0.25, 0.3) is 0 Å². The molecular weight excluding hydrogens is 320 g/mol. The van der Waals surface area contributed by atoms with Gasteiger partial charge in [-0.05, 0) is 37.0 Å². The second-order valence-electron chi connectivity index (χ2n) is 9.71. The van der Waals surface area contributed by atoms with Crippen molar-refractivity contribution in [3.63, 3.8) is 0 Å². The maximum absolute atomic E-state index is 13.5. The molecule has 0 aromatic rings. The Balaban J connectivity index is 1.91. The van der Waals surface area contributed by atoms with Crippen molar-refractivity contribution in [3.8, 4) is 0 Å². The van der Waals surface area contributed by atoms with Crippen LogP contribution in [-0.4, -0.2) is 45.2 Å². The number of carbonyl (C=O) groups is 2. The second kappa shape index (κ2) is 4.62. The fourth-order valence-corrected chi connectivity index (χ4v) is 6.26. The van der Waals surface area contributed by atoms with Crippen LogP contribution in [0.5, 0.6) is 0 Å². The quantitative estimate of drug-likeness (QED) is 0.612. The average Bonchev–Trinajstić information content (AvgIpc) is 3.05. The number of hydrogen-bond donors (Lipinski definition) is 3. The molecule has 0 aliphatic heterocycles. The van der Waals surface area contributed by atoms with Gasteiger partial charge in [-0.2, -0.15) is 0 Å². The molecule has 0 saturated heterocycles. The fraction of sp³-hybridized carbons (Fsp3) is 0.800. The minimum atomic E-state index is -1.20. The van der Waals surface area contributed by atoms with E-state index in [0.29, 0.717) is 12.3 Å². The van der Waals surface area contributed by atoms with Gasteiger partial charge in [-0.1, -0.05) is 27.7 Å². The lowest BCUT2D eigenvalue weighted by molar-refractivity contribution is -0.162. The first-order valence-corrected chi connectivity index (χ1v) is 9.29. The standard InChI is InChI=1S/C20H28O5/c1-8-13(21)10-11(14(8)22)16(24)20(5)17(25)12-9(18(12,2)3)6-7-19(20,4)15(10)23/h8-9,12,14-15,17,22-23,25H,6-7H2,1-5H3. The van der Waals surface area contributed by atoms with Gasteiger partial charge in [0.15, 0.2) is 11.6 Å². The van der Waals surface area contributed by atoms with E-state index in [1.54, 1.807) is 13.8 Å². The van der Waals surface area contributed by atoms with Crippen molar-refractivity contribution < 1.29 is 24.9 Å². The summed E-state index contributed by atoms with van der Waals surface area (Å²) in [5.41, 5.74) is -2.01. The molecule has 3 N–H and O–H groups in total. The molecule has 4 aliphatic rings. The van der Waals surface area contributed by atoms with Crippen molar-refractivity contribution in [3.05, 3.63) is 11.1 Å². The zero-order valence-corrected chi connectivity index (χ0v) is 15.5. The summed E-state index contributed by atoms with van der Waals surface area (Å²) in [5, 5.41) is 32.9. The minimum Gasteiger partial charge on any atom is -0.392 e. The Labute approximate surface area is 148 Å². The third kappa shape index (κ3) is 1.66. The van der Waals surface area contributed by atoms with E-state index in [9.17, 15) is 24.9 Å². The first-order valence-electron chi connectivity index (χ1n) is 9.29. The molecule has 138 valence electrons. The van der Waals surface area contributed by atoms with Crippen molar-refractivity contribution in [1.82, 2.24) is 0 Å². The molecule has 2 fully saturated rings. The number of rotatable bonds is 0. The van der Waals surface area contributed by atoms with Crippen LogP contribution in [-0.2, 0) is 9.59 Å². The van der Waals surface area contributed by atoms with Crippen molar-refractivity contribution in [1.29, 1.82) is 0 Å². The van der Waals surface area contributed by atoms with E-state index in [1.807, 2.05) is 6.92 Å². The van der Waals surface area contributed by atoms with Crippen LogP contribution >= 0.6 is 0 Å². The Morgan fingerprint density at radius 1 is 1.00 bits per heavy atom. The van der Waals surface area contributed by atoms with E-state index in [0.717, 1.165) is 6.42 Å². The van der Waals surface area contributed by atoms with Gasteiger partial charge in [0.05, 0.1) is 23.7 Å². The first-order chi connectivity index (χ1) is 11.4. The maximum Gasteiger partial charge on any atom is 0.171 e. The van der Waals surface area contributed by atoms with E-state index in [2.05, 4.69) is 13.8 Å². The van der Waals surface area contributed by atoms with Crippen LogP contribution in [0.1, 0.15) is 47.5 Å². The molecular formula is C20H28O5. The van der Waals surface area contributed by atoms with Gasteiger partial charge in [0.2, 0.25) is 0 Å². The average molecular weight is 348 g/mol. The summed E-state index contributed by atoms with van der Waals surface area (Å²) in [5.74, 6) is -1.09. The fourth-order valence-electron chi connectivity index (χ4n) is 6.26. The summed E-state index contributed by atoms with van der Waals surface area (Å²) in [7, 11) is 0. The highest BCUT2D eigenvalue weighted by atomic mass is 16.3. The molecule has 2 saturated carbocycles. The Morgan fingerprint density at radius 2 is 1.60 bits per heavy atom. The SMILES string of the molecule is CC1C(=O)C2=C(C(=O)C3(C)C(O)C4C(CCC3(C)C2O)C4(C)C)C1O. The lowest BCUT2D eigenvalue weighted by atomic mass is 9.50. The van der Waals surface area contributed by atoms with E-state index in [4.69, 9.17) is 0 Å². The molecule has 0 aromatic carbocycles. The topological polar surface area (TPSA) is 94.8 Å². The van der Waals surface area contributed by atoms with E-state index >= 15 is 0 Å². The number of ketones is 2. The van der Waals surface area contributed by atoms with Crippen molar-refractivity contribution in [2.45, 2.75) is 65.8 Å². The number of Topliss-reactive ketones (excluding diaryl/α,β-unsaturated/α-hetero) is 2. The predicted octanol–water partition coefficient (Wildman–Crippen LogP) is 1.25. The molecule has 8 unspecified atom stereocenters. The Hall–Kier alpha value is -1.04. The van der Waals surface area contributed by atoms with Crippen molar-refractivity contribution in [2.75, 3.05) is 0 Å². The van der Waals surface area contributed by atoms with Crippen LogP contribution in [0, 0.1) is 34.0 Å². The highest BCUT2D eigenvalue weighted by Crippen LogP contribution is 2.71. The van der Waals surface area contributed by atoms with Gasteiger partial charge in [0, 0.05) is 22.5 Å². The molecule has 25 heavy (non-hydrogen) atoms. The Bertz CT molecular complexity index is 722. The molecule has 0 spiro atoms. The number of aliphatic hydroxyl groups is 3. The van der Waals surface area contributed by atoms with Gasteiger partial charge < -0.3 is 15.3 Å². The monoisotopic (exact) mass is 348 g/mol. The largest absolute Gasteiger partial charge is 0.392 e. The predicted molar refractivity (Wildman–Crippen MR) is 90.4 cm³/mol. The molecule has 4 aliphatic carbocycles. The van der Waals surface area contributed by atoms with Crippen LogP contribution in [0.15, 0.2) is 11.1 Å². The molecule has 8 atom stereocenters. The molecule has 0 amide bonds. The van der Waals surface area contributed by atoms with Gasteiger partial charge in [0.1, 0.15) is 0 Å². The van der Waals surface area contributed by atoms with Crippen LogP contribution in [0.3, 0.4) is 0 Å². The molecule has 4 rings (SSSR count). The number of hydrogen-bond acceptors (Lipinski definition) is 5. The summed E-state index contributed by atoms with van der Waals surface area (Å²) >= 11 is 0. The lowest BCUT2D eigenvalue weighted by Crippen LogP contribution is -2.61. The Morgan fingerprint density at radius 3 is 2.20 bits per heavy atom. The first kappa shape index (κ1) is 17.4. The second-order valence-corrected chi connectivity index (χ2v) is 9.71. The smallest absolute Gasteiger partial charge is 0.171 e. The van der Waals surface area contributed by atoms with E-state index in [1.165, 1.54) is 0 Å². The molecule has 0 bridgehead atoms. The molecule has 5 heteroatoms. The number of carbonyl (C=O) groups excluding carboxylic acids is 2. The summed E-state index contributed by atoms with van der Waals surface area (Å²) in [4.78, 5) is 26.1. The number of aliphatic hydroxyl groups excluding tert-OH is 3. The van der Waals surface area contributed by atoms with Gasteiger partial charge in [0.25, 0.3) is 0 Å². The maximum atomic E-state index is 13.5. The summed E-state index contributed by atoms with van der Waals surface area (Å²) in [6.45, 7) is 9.36. The highest BCUT2D eigenvalue weighted by molar-refractivity contribution is 6.16. The molecule has 0 aromatic heterocycles. The van der Waals surface area contributed by atoms with Gasteiger partial charge >= 0.3 is 0 Å². The zero-order chi connectivity index (χ0) is 18.7. The summed E-state index contributed by atoms with van der Waals surface area (Å²) in [6, 6.07) is 0. The minimum absolute atomic E-state index is 0.00398. The van der Waals surface area contributed by atoms with Gasteiger partial charge in [-0.25, -0.2) is 0 Å². The lowest BCUT2D eigenvalue weighted by Gasteiger charge is -2.53. The molecule has 0 radical (unpaired) electrons. The summed E-state index contributed by atoms with van der Waals surface area (Å²) in [6.07, 6.45) is -1.82. The number of fused-ring (bicyclic) bond motifs is 2. The van der Waals surface area contributed by atoms with Gasteiger partial charge in [-0.3, -0.25) is 9.59 Å². The van der Waals surface area contributed by atoms with E-state index in [-0.39, 0.29) is 34.0 Å². The third-order valence-corrected chi connectivity index (χ3v) is 8.56. The summed E-state index contributed by atoms with van der Waals surface area (Å²) < 4.78 is 0. The molecule has 5 nitrogen and oxygen atoms in total. The third-order valence-electron chi connectivity index (χ3n) is 8.56. The van der Waals surface area contributed by atoms with E-state index < -0.39 is 35.1 Å². The normalized spacial score (nSPS) is 53.9. The van der Waals surface area contributed by atoms with Crippen molar-refractivity contribution in [2.24, 2.45) is 34.0 Å². The highest BCUT2D eigenvalue weighted by Gasteiger charge is 2.74. The van der Waals surface area contributed by atoms with Crippen LogP contribution < -0.4 is 0 Å².